The van der Waals surface area contributed by atoms with Crippen LogP contribution in [0.15, 0.2) is 127 Å². The zero-order valence-corrected chi connectivity index (χ0v) is 19.6. The summed E-state index contributed by atoms with van der Waals surface area (Å²) >= 11 is 0. The van der Waals surface area contributed by atoms with Crippen LogP contribution >= 0.6 is 0 Å². The molecule has 2 nitrogen and oxygen atoms in total. The molecule has 0 radical (unpaired) electrons. The van der Waals surface area contributed by atoms with E-state index in [2.05, 4.69) is 137 Å². The zero-order chi connectivity index (χ0) is 23.6. The lowest BCUT2D eigenvalue weighted by Crippen LogP contribution is -1.93. The van der Waals surface area contributed by atoms with E-state index in [1.165, 1.54) is 65.7 Å². The van der Waals surface area contributed by atoms with E-state index in [0.29, 0.717) is 0 Å². The first-order chi connectivity index (χ1) is 17.8. The molecule has 0 spiro atoms. The highest BCUT2D eigenvalue weighted by Gasteiger charge is 2.15. The Hall–Kier alpha value is -4.82. The van der Waals surface area contributed by atoms with E-state index < -0.39 is 0 Å². The summed E-state index contributed by atoms with van der Waals surface area (Å²) in [6.07, 6.45) is 0. The standard InChI is InChI=1S/C34H22N2/c1-2-8-22(9-3-1)24-15-19-33-28(20-24)27-12-6-7-13-32(27)36(33)25-16-18-30-29(21-25)34-26-11-5-4-10-23(26)14-17-31(34)35-30/h1-21,35H. The first kappa shape index (κ1) is 19.5. The van der Waals surface area contributed by atoms with Gasteiger partial charge in [-0.25, -0.2) is 0 Å². The van der Waals surface area contributed by atoms with E-state index in [1.807, 2.05) is 0 Å². The summed E-state index contributed by atoms with van der Waals surface area (Å²) in [5.74, 6) is 0. The van der Waals surface area contributed by atoms with Crippen LogP contribution in [-0.2, 0) is 0 Å². The predicted molar refractivity (Wildman–Crippen MR) is 153 cm³/mol. The van der Waals surface area contributed by atoms with Gasteiger partial charge in [-0.15, -0.1) is 0 Å². The minimum absolute atomic E-state index is 1.16. The average Bonchev–Trinajstić information content (AvgIpc) is 3.48. The molecule has 0 aliphatic heterocycles. The molecule has 168 valence electrons. The lowest BCUT2D eigenvalue weighted by atomic mass is 10.0. The number of benzene rings is 6. The van der Waals surface area contributed by atoms with Crippen LogP contribution in [0.5, 0.6) is 0 Å². The highest BCUT2D eigenvalue weighted by Crippen LogP contribution is 2.37. The minimum atomic E-state index is 1.16. The quantitative estimate of drug-likeness (QED) is 0.266. The second kappa shape index (κ2) is 7.34. The Morgan fingerprint density at radius 1 is 0.444 bits per heavy atom. The van der Waals surface area contributed by atoms with Crippen molar-refractivity contribution in [3.8, 4) is 16.8 Å². The fraction of sp³-hybridized carbons (Fsp3) is 0. The van der Waals surface area contributed by atoms with Crippen LogP contribution < -0.4 is 0 Å². The highest BCUT2D eigenvalue weighted by molar-refractivity contribution is 6.20. The summed E-state index contributed by atoms with van der Waals surface area (Å²) in [6.45, 7) is 0. The molecule has 0 aliphatic carbocycles. The van der Waals surface area contributed by atoms with E-state index in [4.69, 9.17) is 0 Å². The molecule has 0 aliphatic rings. The van der Waals surface area contributed by atoms with Crippen molar-refractivity contribution >= 4 is 54.4 Å². The Bertz CT molecular complexity index is 2090. The van der Waals surface area contributed by atoms with Crippen molar-refractivity contribution in [3.63, 3.8) is 0 Å². The van der Waals surface area contributed by atoms with Crippen LogP contribution in [0.25, 0.3) is 71.2 Å². The molecule has 8 rings (SSSR count). The molecule has 6 aromatic carbocycles. The molecule has 1 N–H and O–H groups in total. The maximum absolute atomic E-state index is 3.63. The van der Waals surface area contributed by atoms with Gasteiger partial charge in [-0.05, 0) is 64.4 Å². The van der Waals surface area contributed by atoms with Gasteiger partial charge in [-0.3, -0.25) is 0 Å². The Labute approximate surface area is 208 Å². The van der Waals surface area contributed by atoms with Gasteiger partial charge in [0, 0.05) is 38.3 Å². The van der Waals surface area contributed by atoms with E-state index in [-0.39, 0.29) is 0 Å². The third-order valence-electron chi connectivity index (χ3n) is 7.51. The monoisotopic (exact) mass is 458 g/mol. The van der Waals surface area contributed by atoms with Crippen molar-refractivity contribution in [2.45, 2.75) is 0 Å². The number of hydrogen-bond donors (Lipinski definition) is 1. The Balaban J connectivity index is 1.44. The summed E-state index contributed by atoms with van der Waals surface area (Å²) in [5.41, 5.74) is 8.44. The molecular formula is C34H22N2. The van der Waals surface area contributed by atoms with Gasteiger partial charge in [0.2, 0.25) is 0 Å². The van der Waals surface area contributed by atoms with Crippen molar-refractivity contribution in [1.29, 1.82) is 0 Å². The van der Waals surface area contributed by atoms with Crippen molar-refractivity contribution in [1.82, 2.24) is 9.55 Å². The maximum Gasteiger partial charge on any atom is 0.0541 e. The SMILES string of the molecule is c1ccc(-c2ccc3c(c2)c2ccccc2n3-c2ccc3[nH]c4ccc5ccccc5c4c3c2)cc1. The second-order valence-corrected chi connectivity index (χ2v) is 9.51. The van der Waals surface area contributed by atoms with Gasteiger partial charge in [0.25, 0.3) is 0 Å². The van der Waals surface area contributed by atoms with E-state index in [9.17, 15) is 0 Å². The summed E-state index contributed by atoms with van der Waals surface area (Å²) < 4.78 is 2.41. The molecule has 0 bridgehead atoms. The van der Waals surface area contributed by atoms with Crippen LogP contribution in [0.3, 0.4) is 0 Å². The Morgan fingerprint density at radius 2 is 1.19 bits per heavy atom. The number of nitrogens with one attached hydrogen (secondary N) is 1. The highest BCUT2D eigenvalue weighted by atomic mass is 15.0. The summed E-state index contributed by atoms with van der Waals surface area (Å²) in [7, 11) is 0. The van der Waals surface area contributed by atoms with E-state index in [0.717, 1.165) is 5.52 Å². The number of aromatic nitrogens is 2. The number of aromatic amines is 1. The lowest BCUT2D eigenvalue weighted by molar-refractivity contribution is 1.19. The Kier molecular flexibility index (Phi) is 3.97. The van der Waals surface area contributed by atoms with Gasteiger partial charge in [0.1, 0.15) is 0 Å². The van der Waals surface area contributed by atoms with Crippen molar-refractivity contribution in [2.75, 3.05) is 0 Å². The van der Waals surface area contributed by atoms with Gasteiger partial charge in [0.15, 0.2) is 0 Å². The molecular weight excluding hydrogens is 436 g/mol. The fourth-order valence-corrected chi connectivity index (χ4v) is 5.86. The van der Waals surface area contributed by atoms with Gasteiger partial charge in [-0.2, -0.15) is 0 Å². The molecule has 2 heterocycles. The minimum Gasteiger partial charge on any atom is -0.354 e. The van der Waals surface area contributed by atoms with Crippen molar-refractivity contribution in [3.05, 3.63) is 127 Å². The average molecular weight is 459 g/mol. The van der Waals surface area contributed by atoms with Crippen LogP contribution in [0, 0.1) is 0 Å². The van der Waals surface area contributed by atoms with Gasteiger partial charge in [0.05, 0.1) is 11.0 Å². The Morgan fingerprint density at radius 3 is 2.11 bits per heavy atom. The van der Waals surface area contributed by atoms with E-state index in [1.54, 1.807) is 0 Å². The predicted octanol–water partition coefficient (Wildman–Crippen LogP) is 9.24. The number of rotatable bonds is 2. The third kappa shape index (κ3) is 2.73. The van der Waals surface area contributed by atoms with Gasteiger partial charge < -0.3 is 9.55 Å². The van der Waals surface area contributed by atoms with Crippen LogP contribution in [0.1, 0.15) is 0 Å². The molecule has 0 amide bonds. The summed E-state index contributed by atoms with van der Waals surface area (Å²) in [6, 6.07) is 46.0. The third-order valence-corrected chi connectivity index (χ3v) is 7.51. The summed E-state index contributed by atoms with van der Waals surface area (Å²) in [4.78, 5) is 3.63. The number of hydrogen-bond acceptors (Lipinski definition) is 0. The fourth-order valence-electron chi connectivity index (χ4n) is 5.86. The largest absolute Gasteiger partial charge is 0.354 e. The summed E-state index contributed by atoms with van der Waals surface area (Å²) in [5, 5.41) is 7.64. The van der Waals surface area contributed by atoms with Crippen LogP contribution in [-0.4, -0.2) is 9.55 Å². The van der Waals surface area contributed by atoms with Gasteiger partial charge in [-0.1, -0.05) is 84.9 Å². The van der Waals surface area contributed by atoms with Crippen molar-refractivity contribution in [2.24, 2.45) is 0 Å². The normalized spacial score (nSPS) is 11.9. The molecule has 0 unspecified atom stereocenters. The molecule has 0 atom stereocenters. The number of nitrogens with zero attached hydrogens (tertiary/aromatic N) is 1. The van der Waals surface area contributed by atoms with Crippen molar-refractivity contribution < 1.29 is 0 Å². The van der Waals surface area contributed by atoms with Crippen LogP contribution in [0.2, 0.25) is 0 Å². The second-order valence-electron chi connectivity index (χ2n) is 9.51. The van der Waals surface area contributed by atoms with Crippen LogP contribution in [0.4, 0.5) is 0 Å². The smallest absolute Gasteiger partial charge is 0.0541 e. The number of fused-ring (bicyclic) bond motifs is 8. The maximum atomic E-state index is 3.63. The van der Waals surface area contributed by atoms with Gasteiger partial charge >= 0.3 is 0 Å². The number of para-hydroxylation sites is 1. The van der Waals surface area contributed by atoms with E-state index >= 15 is 0 Å². The molecule has 8 aromatic rings. The first-order valence-corrected chi connectivity index (χ1v) is 12.4. The first-order valence-electron chi connectivity index (χ1n) is 12.4. The lowest BCUT2D eigenvalue weighted by Gasteiger charge is -2.09. The zero-order valence-electron chi connectivity index (χ0n) is 19.6. The molecule has 2 aromatic heterocycles. The molecule has 36 heavy (non-hydrogen) atoms. The molecule has 0 saturated carbocycles. The molecule has 0 saturated heterocycles. The molecule has 0 fully saturated rings. The topological polar surface area (TPSA) is 20.7 Å². The molecule has 2 heteroatoms. The number of H-pyrrole nitrogens is 1.